The number of rotatable bonds is 1. The molecule has 0 aliphatic carbocycles. The zero-order chi connectivity index (χ0) is 17.4. The Morgan fingerprint density at radius 2 is 1.85 bits per heavy atom. The molecule has 0 N–H and O–H groups in total. The van der Waals surface area contributed by atoms with Gasteiger partial charge in [0.15, 0.2) is 0 Å². The average Bonchev–Trinajstić information content (AvgIpc) is 2.58. The second-order valence-electron chi connectivity index (χ2n) is 6.00. The van der Waals surface area contributed by atoms with Gasteiger partial charge in [0.2, 0.25) is 0 Å². The minimum absolute atomic E-state index is 0. The van der Waals surface area contributed by atoms with Gasteiger partial charge >= 0.3 is 0 Å². The highest BCUT2D eigenvalue weighted by atomic mass is 35.5. The summed E-state index contributed by atoms with van der Waals surface area (Å²) in [4.78, 5) is 22.0. The molecule has 1 aliphatic heterocycles. The van der Waals surface area contributed by atoms with Gasteiger partial charge in [-0.05, 0) is 25.1 Å². The zero-order valence-electron chi connectivity index (χ0n) is 14.1. The molecular weight excluding hydrogens is 369 g/mol. The fourth-order valence-electron chi connectivity index (χ4n) is 3.17. The fourth-order valence-corrected chi connectivity index (χ4v) is 3.34. The van der Waals surface area contributed by atoms with Crippen LogP contribution in [0.15, 0.2) is 64.4 Å². The molecule has 0 fully saturated rings. The van der Waals surface area contributed by atoms with E-state index in [0.717, 1.165) is 34.0 Å². The summed E-state index contributed by atoms with van der Waals surface area (Å²) in [7, 11) is 0. The first-order valence-electron chi connectivity index (χ1n) is 8.13. The first kappa shape index (κ1) is 18.4. The Bertz CT molecular complexity index is 1040. The number of benzene rings is 2. The van der Waals surface area contributed by atoms with Crippen LogP contribution in [-0.4, -0.2) is 21.8 Å². The van der Waals surface area contributed by atoms with Crippen LogP contribution in [0.25, 0.3) is 5.69 Å². The Morgan fingerprint density at radius 3 is 2.62 bits per heavy atom. The van der Waals surface area contributed by atoms with E-state index in [0.29, 0.717) is 18.0 Å². The number of hydrogen-bond donors (Lipinski definition) is 0. The number of nitrogens with zero attached hydrogens (tertiary/aromatic N) is 3. The van der Waals surface area contributed by atoms with Crippen LogP contribution < -0.4 is 5.56 Å². The summed E-state index contributed by atoms with van der Waals surface area (Å²) in [6.07, 6.45) is 0.606. The minimum atomic E-state index is -0.0830. The maximum Gasteiger partial charge on any atom is 0.258 e. The third-order valence-electron chi connectivity index (χ3n) is 4.22. The fraction of sp³-hybridized carbons (Fsp3) is 0.150. The van der Waals surface area contributed by atoms with E-state index in [1.54, 1.807) is 16.7 Å². The monoisotopic (exact) mass is 385 g/mol. The lowest BCUT2D eigenvalue weighted by Gasteiger charge is -2.20. The lowest BCUT2D eigenvalue weighted by molar-refractivity contribution is 0.765. The SMILES string of the molecule is Cc1cc(=O)n2c(n1)CC/N=C(/c1ccccc1)c1cc(Cl)ccc1-2.Cl. The molecule has 2 aromatic carbocycles. The van der Waals surface area contributed by atoms with Crippen LogP contribution in [-0.2, 0) is 6.42 Å². The molecular formula is C20H17Cl2N3O. The van der Waals surface area contributed by atoms with Gasteiger partial charge in [0.25, 0.3) is 5.56 Å². The van der Waals surface area contributed by atoms with Crippen LogP contribution in [0.3, 0.4) is 0 Å². The topological polar surface area (TPSA) is 47.2 Å². The van der Waals surface area contributed by atoms with Crippen molar-refractivity contribution in [1.82, 2.24) is 9.55 Å². The predicted molar refractivity (Wildman–Crippen MR) is 107 cm³/mol. The Balaban J connectivity index is 0.00000196. The van der Waals surface area contributed by atoms with Crippen molar-refractivity contribution < 1.29 is 0 Å². The molecule has 4 rings (SSSR count). The van der Waals surface area contributed by atoms with Crippen LogP contribution in [0.2, 0.25) is 5.02 Å². The van der Waals surface area contributed by atoms with E-state index in [2.05, 4.69) is 4.98 Å². The lowest BCUT2D eigenvalue weighted by atomic mass is 9.99. The van der Waals surface area contributed by atoms with Crippen molar-refractivity contribution in [3.05, 3.63) is 92.6 Å². The number of aryl methyl sites for hydroxylation is 1. The second-order valence-corrected chi connectivity index (χ2v) is 6.43. The molecule has 4 nitrogen and oxygen atoms in total. The van der Waals surface area contributed by atoms with E-state index < -0.39 is 0 Å². The number of fused-ring (bicyclic) bond motifs is 3. The van der Waals surface area contributed by atoms with E-state index in [1.807, 2.05) is 49.4 Å². The highest BCUT2D eigenvalue weighted by Gasteiger charge is 2.19. The van der Waals surface area contributed by atoms with E-state index in [9.17, 15) is 4.79 Å². The Kier molecular flexibility index (Phi) is 5.25. The van der Waals surface area contributed by atoms with E-state index in [4.69, 9.17) is 16.6 Å². The van der Waals surface area contributed by atoms with Gasteiger partial charge in [-0.25, -0.2) is 4.98 Å². The van der Waals surface area contributed by atoms with Crippen molar-refractivity contribution in [3.8, 4) is 5.69 Å². The number of hydrogen-bond acceptors (Lipinski definition) is 3. The quantitative estimate of drug-likeness (QED) is 0.635. The first-order valence-corrected chi connectivity index (χ1v) is 8.51. The smallest absolute Gasteiger partial charge is 0.258 e. The summed E-state index contributed by atoms with van der Waals surface area (Å²) >= 11 is 6.26. The molecule has 1 aromatic heterocycles. The first-order chi connectivity index (χ1) is 12.1. The van der Waals surface area contributed by atoms with Crippen molar-refractivity contribution in [2.24, 2.45) is 4.99 Å². The average molecular weight is 386 g/mol. The number of aromatic nitrogens is 2. The van der Waals surface area contributed by atoms with Gasteiger partial charge in [-0.3, -0.25) is 14.4 Å². The predicted octanol–water partition coefficient (Wildman–Crippen LogP) is 4.01. The molecule has 6 heteroatoms. The minimum Gasteiger partial charge on any atom is -0.284 e. The van der Waals surface area contributed by atoms with Gasteiger partial charge in [0.1, 0.15) is 5.82 Å². The normalized spacial score (nSPS) is 14.8. The number of halogens is 2. The molecule has 1 aliphatic rings. The summed E-state index contributed by atoms with van der Waals surface area (Å²) in [6.45, 7) is 2.40. The molecule has 0 unspecified atom stereocenters. The number of aliphatic imine (C=N–C) groups is 1. The molecule has 0 bridgehead atoms. The molecule has 132 valence electrons. The van der Waals surface area contributed by atoms with Gasteiger partial charge in [0, 0.05) is 40.9 Å². The van der Waals surface area contributed by atoms with Crippen LogP contribution in [0.1, 0.15) is 22.6 Å². The van der Waals surface area contributed by atoms with Crippen molar-refractivity contribution in [2.75, 3.05) is 6.54 Å². The maximum atomic E-state index is 12.7. The van der Waals surface area contributed by atoms with Crippen molar-refractivity contribution >= 4 is 29.7 Å². The molecule has 0 saturated heterocycles. The van der Waals surface area contributed by atoms with Crippen LogP contribution in [0.5, 0.6) is 0 Å². The van der Waals surface area contributed by atoms with Gasteiger partial charge in [-0.1, -0.05) is 41.9 Å². The molecule has 2 heterocycles. The lowest BCUT2D eigenvalue weighted by Crippen LogP contribution is -2.27. The standard InChI is InChI=1S/C20H16ClN3O.ClH/c1-13-11-19(25)24-17-8-7-15(21)12-16(17)20(14-5-3-2-4-6-14)22-10-9-18(24)23-13;/h2-8,11-12H,9-10H2,1H3;1H/b22-20-;. The van der Waals surface area contributed by atoms with Crippen molar-refractivity contribution in [2.45, 2.75) is 13.3 Å². The van der Waals surface area contributed by atoms with E-state index >= 15 is 0 Å². The van der Waals surface area contributed by atoms with Crippen LogP contribution >= 0.6 is 24.0 Å². The highest BCUT2D eigenvalue weighted by Crippen LogP contribution is 2.25. The van der Waals surface area contributed by atoms with Crippen molar-refractivity contribution in [3.63, 3.8) is 0 Å². The summed E-state index contributed by atoms with van der Waals surface area (Å²) in [5.41, 5.74) is 4.09. The summed E-state index contributed by atoms with van der Waals surface area (Å²) < 4.78 is 1.68. The maximum absolute atomic E-state index is 12.7. The molecule has 0 saturated carbocycles. The molecule has 0 amide bonds. The second kappa shape index (κ2) is 7.44. The van der Waals surface area contributed by atoms with Crippen LogP contribution in [0.4, 0.5) is 0 Å². The third-order valence-corrected chi connectivity index (χ3v) is 4.46. The summed E-state index contributed by atoms with van der Waals surface area (Å²) in [5, 5.41) is 0.609. The largest absolute Gasteiger partial charge is 0.284 e. The van der Waals surface area contributed by atoms with Crippen molar-refractivity contribution in [1.29, 1.82) is 0 Å². The van der Waals surface area contributed by atoms with Gasteiger partial charge in [-0.2, -0.15) is 0 Å². The molecule has 0 radical (unpaired) electrons. The highest BCUT2D eigenvalue weighted by molar-refractivity contribution is 6.31. The Labute approximate surface area is 162 Å². The van der Waals surface area contributed by atoms with E-state index in [-0.39, 0.29) is 18.0 Å². The summed E-state index contributed by atoms with van der Waals surface area (Å²) in [5.74, 6) is 0.726. The third kappa shape index (κ3) is 3.30. The molecule has 0 spiro atoms. The van der Waals surface area contributed by atoms with Gasteiger partial charge in [0.05, 0.1) is 11.4 Å². The molecule has 0 atom stereocenters. The Hall–Kier alpha value is -2.43. The van der Waals surface area contributed by atoms with Gasteiger partial charge in [-0.15, -0.1) is 12.4 Å². The Morgan fingerprint density at radius 1 is 1.08 bits per heavy atom. The molecule has 3 aromatic rings. The summed E-state index contributed by atoms with van der Waals surface area (Å²) in [6, 6.07) is 17.0. The zero-order valence-corrected chi connectivity index (χ0v) is 15.7. The van der Waals surface area contributed by atoms with E-state index in [1.165, 1.54) is 0 Å². The van der Waals surface area contributed by atoms with Crippen LogP contribution in [0, 0.1) is 6.92 Å². The van der Waals surface area contributed by atoms with Gasteiger partial charge < -0.3 is 0 Å². The molecule has 26 heavy (non-hydrogen) atoms.